The molecule has 5 unspecified atom stereocenters. The molecule has 5 atom stereocenters. The lowest BCUT2D eigenvalue weighted by atomic mass is 9.73. The summed E-state index contributed by atoms with van der Waals surface area (Å²) in [5.74, 6) is 0.425. The smallest absolute Gasteiger partial charge is 0.404 e. The largest absolute Gasteiger partial charge is 0.530 e. The van der Waals surface area contributed by atoms with Gasteiger partial charge in [-0.1, -0.05) is 18.2 Å². The van der Waals surface area contributed by atoms with Crippen LogP contribution in [0.4, 0.5) is 0 Å². The summed E-state index contributed by atoms with van der Waals surface area (Å²) in [6.45, 7) is 1.32. The fourth-order valence-corrected chi connectivity index (χ4v) is 3.68. The lowest BCUT2D eigenvalue weighted by Crippen LogP contribution is -2.38. The van der Waals surface area contributed by atoms with Crippen LogP contribution in [-0.4, -0.2) is 37.8 Å². The zero-order chi connectivity index (χ0) is 16.7. The summed E-state index contributed by atoms with van der Waals surface area (Å²) < 4.78 is 33.5. The van der Waals surface area contributed by atoms with E-state index in [1.165, 1.54) is 6.92 Å². The molecular weight excluding hydrogens is 320 g/mol. The number of hydrogen-bond donors (Lipinski definition) is 1. The minimum atomic E-state index is -3.81. The van der Waals surface area contributed by atoms with E-state index in [2.05, 4.69) is 0 Å². The topological polar surface area (TPSA) is 98.0 Å². The van der Waals surface area contributed by atoms with Gasteiger partial charge in [0, 0.05) is 11.6 Å². The molecule has 2 heterocycles. The summed E-state index contributed by atoms with van der Waals surface area (Å²) in [6.07, 6.45) is -2.07. The normalized spacial score (nSPS) is 39.3. The number of rotatable bonds is 3. The van der Waals surface area contributed by atoms with E-state index in [0.717, 1.165) is 5.56 Å². The van der Waals surface area contributed by atoms with Gasteiger partial charge in [0.25, 0.3) is 0 Å². The number of phosphoric ester groups is 1. The van der Waals surface area contributed by atoms with Crippen molar-refractivity contribution in [2.24, 2.45) is 5.41 Å². The average molecular weight is 335 g/mol. The van der Waals surface area contributed by atoms with Gasteiger partial charge in [-0.2, -0.15) is 5.26 Å². The fourth-order valence-electron chi connectivity index (χ4n) is 2.45. The molecule has 0 aromatic heterocycles. The number of phosphoric acid groups is 1. The monoisotopic (exact) mass is 335 g/mol. The van der Waals surface area contributed by atoms with Gasteiger partial charge in [0.15, 0.2) is 0 Å². The second kappa shape index (κ2) is 5.93. The number of nitriles is 1. The van der Waals surface area contributed by atoms with Gasteiger partial charge < -0.3 is 14.4 Å². The van der Waals surface area contributed by atoms with E-state index in [4.69, 9.17) is 31.4 Å². The summed E-state index contributed by atoms with van der Waals surface area (Å²) in [6, 6.07) is 7.99. The highest BCUT2D eigenvalue weighted by molar-refractivity contribution is 7.49. The van der Waals surface area contributed by atoms with E-state index in [1.807, 2.05) is 12.1 Å². The molecule has 1 aromatic carbocycles. The maximum atomic E-state index is 12.5. The summed E-state index contributed by atoms with van der Waals surface area (Å²) in [7, 11) is 1.91. The average Bonchev–Trinajstić information content (AvgIpc) is 2.77. The first-order chi connectivity index (χ1) is 10.9. The Morgan fingerprint density at radius 2 is 2.30 bits per heavy atom. The fraction of sp³-hybridized carbons (Fsp3) is 0.500. The van der Waals surface area contributed by atoms with Gasteiger partial charge in [0.2, 0.25) is 0 Å². The molecule has 1 saturated heterocycles. The Morgan fingerprint density at radius 1 is 1.57 bits per heavy atom. The van der Waals surface area contributed by atoms with Crippen LogP contribution < -0.4 is 4.52 Å². The third kappa shape index (κ3) is 2.91. The number of hydrogen-bond acceptors (Lipinski definition) is 7. The van der Waals surface area contributed by atoms with Gasteiger partial charge in [-0.3, -0.25) is 9.05 Å². The van der Waals surface area contributed by atoms with E-state index >= 15 is 0 Å². The number of benzene rings is 1. The van der Waals surface area contributed by atoms with Crippen molar-refractivity contribution in [3.8, 4) is 11.8 Å². The molecule has 0 spiro atoms. The van der Waals surface area contributed by atoms with Crippen LogP contribution in [0.25, 0.3) is 0 Å². The molecule has 9 heteroatoms. The highest BCUT2D eigenvalue weighted by Gasteiger charge is 2.51. The first kappa shape index (κ1) is 16.5. The third-order valence-electron chi connectivity index (χ3n) is 4.08. The summed E-state index contributed by atoms with van der Waals surface area (Å²) >= 11 is 0. The lowest BCUT2D eigenvalue weighted by molar-refractivity contribution is -0.00957. The minimum absolute atomic E-state index is 0.0942. The van der Waals surface area contributed by atoms with Crippen molar-refractivity contribution in [2.45, 2.75) is 31.7 Å². The molecule has 3 rings (SSSR count). The molecule has 2 radical (unpaired) electrons. The maximum absolute atomic E-state index is 12.5. The van der Waals surface area contributed by atoms with Gasteiger partial charge >= 0.3 is 7.82 Å². The van der Waals surface area contributed by atoms with Gasteiger partial charge in [-0.25, -0.2) is 4.57 Å². The summed E-state index contributed by atoms with van der Waals surface area (Å²) in [4.78, 5) is 0. The quantitative estimate of drug-likeness (QED) is 0.660. The molecule has 120 valence electrons. The molecule has 7 nitrogen and oxygen atoms in total. The Balaban J connectivity index is 1.66. The second-order valence-electron chi connectivity index (χ2n) is 5.65. The Bertz CT molecular complexity index is 694. The van der Waals surface area contributed by atoms with Gasteiger partial charge in [0.1, 0.15) is 31.2 Å². The molecule has 23 heavy (non-hydrogen) atoms. The first-order valence-corrected chi connectivity index (χ1v) is 8.51. The zero-order valence-corrected chi connectivity index (χ0v) is 13.3. The number of aliphatic hydroxyl groups excluding tert-OH is 1. The SMILES string of the molecule is [B]C1OC(COP2(=O)OCc3ccccc3O2)C(O)C1(C)C#N. The molecule has 1 N–H and O–H groups in total. The molecule has 0 saturated carbocycles. The van der Waals surface area contributed by atoms with E-state index < -0.39 is 31.4 Å². The van der Waals surface area contributed by atoms with Crippen LogP contribution in [0.2, 0.25) is 0 Å². The number of fused-ring (bicyclic) bond motifs is 1. The Labute approximate surface area is 135 Å². The van der Waals surface area contributed by atoms with Crippen LogP contribution >= 0.6 is 7.82 Å². The van der Waals surface area contributed by atoms with Crippen molar-refractivity contribution in [3.63, 3.8) is 0 Å². The van der Waals surface area contributed by atoms with E-state index in [-0.39, 0.29) is 13.2 Å². The number of para-hydroxylation sites is 1. The van der Waals surface area contributed by atoms with Gasteiger partial charge in [-0.15, -0.1) is 0 Å². The predicted molar refractivity (Wildman–Crippen MR) is 79.6 cm³/mol. The number of ether oxygens (including phenoxy) is 1. The van der Waals surface area contributed by atoms with Crippen LogP contribution in [0.5, 0.6) is 5.75 Å². The van der Waals surface area contributed by atoms with Crippen molar-refractivity contribution in [1.29, 1.82) is 5.26 Å². The molecule has 1 fully saturated rings. The van der Waals surface area contributed by atoms with Gasteiger partial charge in [0.05, 0.1) is 19.3 Å². The molecule has 0 bridgehead atoms. The van der Waals surface area contributed by atoms with Crippen molar-refractivity contribution >= 4 is 15.7 Å². The van der Waals surface area contributed by atoms with Crippen LogP contribution in [0, 0.1) is 16.7 Å². The van der Waals surface area contributed by atoms with Crippen LogP contribution in [0.3, 0.4) is 0 Å². The Kier molecular flexibility index (Phi) is 4.26. The Morgan fingerprint density at radius 3 is 3.00 bits per heavy atom. The highest BCUT2D eigenvalue weighted by Crippen LogP contribution is 2.54. The van der Waals surface area contributed by atoms with Crippen molar-refractivity contribution in [1.82, 2.24) is 0 Å². The standard InChI is InChI=1S/C14H15BNO6P/c1-14(8-16)12(17)11(21-13(14)15)7-20-23(18)19-6-9-4-2-3-5-10(9)22-23/h2-5,11-13,17H,6-7H2,1H3. The molecule has 2 aliphatic rings. The molecule has 2 aliphatic heterocycles. The number of aliphatic hydroxyl groups is 1. The molecule has 0 amide bonds. The number of nitrogens with zero attached hydrogens (tertiary/aromatic N) is 1. The van der Waals surface area contributed by atoms with E-state index in [0.29, 0.717) is 5.75 Å². The Hall–Kier alpha value is -1.36. The van der Waals surface area contributed by atoms with E-state index in [1.54, 1.807) is 18.2 Å². The molecule has 1 aromatic rings. The summed E-state index contributed by atoms with van der Waals surface area (Å²) in [5.41, 5.74) is -0.498. The zero-order valence-electron chi connectivity index (χ0n) is 12.4. The second-order valence-corrected chi connectivity index (χ2v) is 7.24. The van der Waals surface area contributed by atoms with E-state index in [9.17, 15) is 9.67 Å². The van der Waals surface area contributed by atoms with Crippen molar-refractivity contribution in [2.75, 3.05) is 6.61 Å². The molecular formula is C14H15BNO6P. The maximum Gasteiger partial charge on any atom is 0.530 e. The summed E-state index contributed by atoms with van der Waals surface area (Å²) in [5, 5.41) is 19.3. The van der Waals surface area contributed by atoms with Crippen LogP contribution in [-0.2, 0) is 25.0 Å². The van der Waals surface area contributed by atoms with Gasteiger partial charge in [-0.05, 0) is 13.0 Å². The van der Waals surface area contributed by atoms with Crippen molar-refractivity contribution < 1.29 is 28.0 Å². The predicted octanol–water partition coefficient (Wildman–Crippen LogP) is 1.50. The first-order valence-electron chi connectivity index (χ1n) is 7.05. The third-order valence-corrected chi connectivity index (χ3v) is 5.41. The minimum Gasteiger partial charge on any atom is -0.404 e. The lowest BCUT2D eigenvalue weighted by Gasteiger charge is -2.26. The molecule has 0 aliphatic carbocycles. The van der Waals surface area contributed by atoms with Crippen LogP contribution in [0.15, 0.2) is 24.3 Å². The van der Waals surface area contributed by atoms with Crippen molar-refractivity contribution in [3.05, 3.63) is 29.8 Å². The van der Waals surface area contributed by atoms with Crippen LogP contribution in [0.1, 0.15) is 12.5 Å². The highest BCUT2D eigenvalue weighted by atomic mass is 31.2.